The molecule has 0 spiro atoms. The fourth-order valence-electron chi connectivity index (χ4n) is 1.96. The zero-order valence-corrected chi connectivity index (χ0v) is 14.4. The molecule has 0 aliphatic rings. The third kappa shape index (κ3) is 7.42. The number of hydrogen-bond acceptors (Lipinski definition) is 5. The number of urea groups is 1. The Morgan fingerprint density at radius 2 is 1.67 bits per heavy atom. The molecule has 0 saturated carbocycles. The second-order valence-corrected chi connectivity index (χ2v) is 7.06. The molecule has 134 valence electrons. The number of hydroxylamine groups is 1. The summed E-state index contributed by atoms with van der Waals surface area (Å²) in [6.07, 6.45) is 3.11. The lowest BCUT2D eigenvalue weighted by Crippen LogP contribution is -2.39. The summed E-state index contributed by atoms with van der Waals surface area (Å²) in [6.45, 7) is 2.17. The monoisotopic (exact) mass is 357 g/mol. The van der Waals surface area contributed by atoms with Crippen molar-refractivity contribution in [1.82, 2.24) is 15.5 Å². The second kappa shape index (κ2) is 9.89. The van der Waals surface area contributed by atoms with Gasteiger partial charge in [-0.15, -0.1) is 0 Å². The van der Waals surface area contributed by atoms with Gasteiger partial charge in [-0.25, -0.2) is 23.4 Å². The minimum Gasteiger partial charge on any atom is -0.337 e. The van der Waals surface area contributed by atoms with Gasteiger partial charge in [0.2, 0.25) is 5.91 Å². The van der Waals surface area contributed by atoms with Crippen LogP contribution < -0.4 is 15.5 Å². The van der Waals surface area contributed by atoms with E-state index in [1.807, 2.05) is 11.6 Å². The van der Waals surface area contributed by atoms with Gasteiger partial charge in [0, 0.05) is 13.0 Å². The number of amides is 3. The number of aryl methyl sites for hydroxylation is 1. The van der Waals surface area contributed by atoms with Crippen molar-refractivity contribution in [2.75, 3.05) is 6.54 Å². The van der Waals surface area contributed by atoms with Crippen molar-refractivity contribution in [2.24, 2.45) is 0 Å². The van der Waals surface area contributed by atoms with E-state index in [-0.39, 0.29) is 11.3 Å². The Morgan fingerprint density at radius 3 is 2.29 bits per heavy atom. The molecule has 9 heteroatoms. The molecule has 0 aliphatic carbocycles. The van der Waals surface area contributed by atoms with Crippen LogP contribution in [0, 0.1) is 6.92 Å². The number of carbonyl (C=O) groups is 2. The normalized spacial score (nSPS) is 10.9. The van der Waals surface area contributed by atoms with Crippen LogP contribution in [-0.2, 0) is 14.8 Å². The van der Waals surface area contributed by atoms with Crippen molar-refractivity contribution >= 4 is 22.0 Å². The Bertz CT molecular complexity index is 644. The van der Waals surface area contributed by atoms with E-state index in [1.165, 1.54) is 12.1 Å². The minimum atomic E-state index is -3.87. The minimum absolute atomic E-state index is 0.0328. The van der Waals surface area contributed by atoms with Gasteiger partial charge in [-0.3, -0.25) is 10.0 Å². The summed E-state index contributed by atoms with van der Waals surface area (Å²) in [5.41, 5.74) is 2.48. The van der Waals surface area contributed by atoms with Gasteiger partial charge in [0.25, 0.3) is 10.0 Å². The fourth-order valence-corrected chi connectivity index (χ4v) is 2.88. The van der Waals surface area contributed by atoms with Gasteiger partial charge in [0.15, 0.2) is 0 Å². The number of unbranched alkanes of at least 4 members (excludes halogenated alkanes) is 3. The molecule has 0 saturated heterocycles. The first-order valence-electron chi connectivity index (χ1n) is 7.65. The van der Waals surface area contributed by atoms with Crippen molar-refractivity contribution in [1.29, 1.82) is 0 Å². The molecule has 1 aromatic carbocycles. The molecule has 1 aromatic rings. The molecule has 0 atom stereocenters. The van der Waals surface area contributed by atoms with Gasteiger partial charge in [0.1, 0.15) is 0 Å². The Morgan fingerprint density at radius 1 is 1.04 bits per heavy atom. The largest absolute Gasteiger partial charge is 0.337 e. The molecule has 0 bridgehead atoms. The molecule has 0 fully saturated rings. The zero-order chi connectivity index (χ0) is 18.0. The Balaban J connectivity index is 2.24. The van der Waals surface area contributed by atoms with Gasteiger partial charge < -0.3 is 5.32 Å². The maximum absolute atomic E-state index is 12.0. The second-order valence-electron chi connectivity index (χ2n) is 5.37. The van der Waals surface area contributed by atoms with E-state index in [0.717, 1.165) is 18.4 Å². The lowest BCUT2D eigenvalue weighted by atomic mass is 10.1. The summed E-state index contributed by atoms with van der Waals surface area (Å²) in [5, 5.41) is 10.8. The van der Waals surface area contributed by atoms with Crippen molar-refractivity contribution in [3.05, 3.63) is 29.8 Å². The molecule has 0 aliphatic heterocycles. The average Bonchev–Trinajstić information content (AvgIpc) is 2.53. The predicted octanol–water partition coefficient (Wildman–Crippen LogP) is 1.44. The van der Waals surface area contributed by atoms with Gasteiger partial charge in [-0.1, -0.05) is 30.5 Å². The molecule has 24 heavy (non-hydrogen) atoms. The first-order valence-corrected chi connectivity index (χ1v) is 9.14. The Kier molecular flexibility index (Phi) is 8.20. The van der Waals surface area contributed by atoms with E-state index in [9.17, 15) is 18.0 Å². The fraction of sp³-hybridized carbons (Fsp3) is 0.467. The van der Waals surface area contributed by atoms with Crippen LogP contribution in [0.15, 0.2) is 29.2 Å². The molecule has 8 nitrogen and oxygen atoms in total. The average molecular weight is 357 g/mol. The highest BCUT2D eigenvalue weighted by molar-refractivity contribution is 7.90. The summed E-state index contributed by atoms with van der Waals surface area (Å²) >= 11 is 0. The molecule has 1 rings (SSSR count). The van der Waals surface area contributed by atoms with Crippen molar-refractivity contribution < 1.29 is 23.2 Å². The molecule has 3 amide bonds. The van der Waals surface area contributed by atoms with Crippen molar-refractivity contribution in [3.63, 3.8) is 0 Å². The standard InChI is InChI=1S/C15H23N3O5S/c1-12-7-9-13(10-8-12)24(22,23)18-15(20)16-11-5-3-2-4-6-14(19)17-21/h7-10,21H,2-6,11H2,1H3,(H,17,19)(H2,16,18,20). The van der Waals surface area contributed by atoms with Gasteiger partial charge >= 0.3 is 6.03 Å². The number of sulfonamides is 1. The highest BCUT2D eigenvalue weighted by Gasteiger charge is 2.16. The van der Waals surface area contributed by atoms with E-state index in [0.29, 0.717) is 19.4 Å². The molecule has 0 heterocycles. The lowest BCUT2D eigenvalue weighted by Gasteiger charge is -2.09. The van der Waals surface area contributed by atoms with Crippen LogP contribution in [0.4, 0.5) is 4.79 Å². The molecular formula is C15H23N3O5S. The van der Waals surface area contributed by atoms with E-state index in [2.05, 4.69) is 5.32 Å². The summed E-state index contributed by atoms with van der Waals surface area (Å²) < 4.78 is 25.9. The Hall–Kier alpha value is -2.13. The predicted molar refractivity (Wildman–Crippen MR) is 87.9 cm³/mol. The van der Waals surface area contributed by atoms with Gasteiger partial charge in [-0.2, -0.15) is 0 Å². The van der Waals surface area contributed by atoms with Crippen LogP contribution in [0.1, 0.15) is 37.7 Å². The van der Waals surface area contributed by atoms with Crippen LogP contribution in [0.5, 0.6) is 0 Å². The van der Waals surface area contributed by atoms with Gasteiger partial charge in [0.05, 0.1) is 4.90 Å². The smallest absolute Gasteiger partial charge is 0.328 e. The first kappa shape index (κ1) is 19.9. The quantitative estimate of drug-likeness (QED) is 0.302. The topological polar surface area (TPSA) is 125 Å². The van der Waals surface area contributed by atoms with Gasteiger partial charge in [-0.05, 0) is 31.9 Å². The highest BCUT2D eigenvalue weighted by atomic mass is 32.2. The molecule has 4 N–H and O–H groups in total. The number of carbonyl (C=O) groups excluding carboxylic acids is 2. The summed E-state index contributed by atoms with van der Waals surface area (Å²) in [4.78, 5) is 22.4. The number of hydrogen-bond donors (Lipinski definition) is 4. The highest BCUT2D eigenvalue weighted by Crippen LogP contribution is 2.09. The molecule has 0 unspecified atom stereocenters. The third-order valence-corrected chi connectivity index (χ3v) is 4.65. The SMILES string of the molecule is Cc1ccc(S(=O)(=O)NC(=O)NCCCCCCC(=O)NO)cc1. The lowest BCUT2D eigenvalue weighted by molar-refractivity contribution is -0.129. The summed E-state index contributed by atoms with van der Waals surface area (Å²) in [7, 11) is -3.87. The summed E-state index contributed by atoms with van der Waals surface area (Å²) in [5.74, 6) is -0.422. The number of nitrogens with one attached hydrogen (secondary N) is 3. The van der Waals surface area contributed by atoms with Crippen LogP contribution in [0.2, 0.25) is 0 Å². The third-order valence-electron chi connectivity index (χ3n) is 3.30. The van der Waals surface area contributed by atoms with Crippen molar-refractivity contribution in [2.45, 2.75) is 43.9 Å². The maximum Gasteiger partial charge on any atom is 0.328 e. The first-order chi connectivity index (χ1) is 11.3. The van der Waals surface area contributed by atoms with E-state index in [1.54, 1.807) is 17.6 Å². The maximum atomic E-state index is 12.0. The van der Waals surface area contributed by atoms with E-state index >= 15 is 0 Å². The number of rotatable bonds is 9. The molecular weight excluding hydrogens is 334 g/mol. The molecule has 0 radical (unpaired) electrons. The Labute approximate surface area is 141 Å². The van der Waals surface area contributed by atoms with E-state index in [4.69, 9.17) is 5.21 Å². The van der Waals surface area contributed by atoms with E-state index < -0.39 is 22.0 Å². The van der Waals surface area contributed by atoms with Crippen LogP contribution in [0.25, 0.3) is 0 Å². The van der Waals surface area contributed by atoms with Crippen LogP contribution in [0.3, 0.4) is 0 Å². The van der Waals surface area contributed by atoms with Crippen LogP contribution >= 0.6 is 0 Å². The van der Waals surface area contributed by atoms with Crippen molar-refractivity contribution in [3.8, 4) is 0 Å². The molecule has 0 aromatic heterocycles. The number of benzene rings is 1. The summed E-state index contributed by atoms with van der Waals surface area (Å²) in [6, 6.07) is 5.42. The zero-order valence-electron chi connectivity index (χ0n) is 13.5. The van der Waals surface area contributed by atoms with Crippen LogP contribution in [-0.4, -0.2) is 32.1 Å².